The molecule has 0 spiro atoms. The van der Waals surface area contributed by atoms with Gasteiger partial charge in [-0.05, 0) is 67.9 Å². The fraction of sp³-hybridized carbons (Fsp3) is 0.429. The standard InChI is InChI=1S/C21H26N2O/c1-4-21(24)23(14-18-15(2)8-7-9-16(18)3)20-13-12-17-10-5-6-11-19(17)22-20/h7-9,12-13H,4-6,10-11,14H2,1-3H3. The Bertz CT molecular complexity index is 731. The third-order valence-corrected chi connectivity index (χ3v) is 5.00. The van der Waals surface area contributed by atoms with Gasteiger partial charge in [0.2, 0.25) is 5.91 Å². The Hall–Kier alpha value is -2.16. The van der Waals surface area contributed by atoms with Crippen LogP contribution in [0.4, 0.5) is 5.82 Å². The van der Waals surface area contributed by atoms with Gasteiger partial charge in [0.1, 0.15) is 5.82 Å². The molecule has 0 saturated heterocycles. The van der Waals surface area contributed by atoms with Crippen molar-refractivity contribution in [1.82, 2.24) is 4.98 Å². The van der Waals surface area contributed by atoms with Crippen LogP contribution >= 0.6 is 0 Å². The summed E-state index contributed by atoms with van der Waals surface area (Å²) in [5.74, 6) is 0.922. The third kappa shape index (κ3) is 3.35. The van der Waals surface area contributed by atoms with Crippen LogP contribution < -0.4 is 4.90 Å². The highest BCUT2D eigenvalue weighted by Gasteiger charge is 2.20. The quantitative estimate of drug-likeness (QED) is 0.829. The summed E-state index contributed by atoms with van der Waals surface area (Å²) in [4.78, 5) is 19.3. The lowest BCUT2D eigenvalue weighted by molar-refractivity contribution is -0.118. The van der Waals surface area contributed by atoms with Crippen LogP contribution in [0.15, 0.2) is 30.3 Å². The van der Waals surface area contributed by atoms with Gasteiger partial charge in [0.15, 0.2) is 0 Å². The number of anilines is 1. The molecular formula is C21H26N2O. The molecule has 1 aliphatic carbocycles. The maximum absolute atomic E-state index is 12.6. The van der Waals surface area contributed by atoms with Crippen LogP contribution in [0.2, 0.25) is 0 Å². The Morgan fingerprint density at radius 2 is 1.79 bits per heavy atom. The molecule has 1 aromatic heterocycles. The number of aryl methyl sites for hydroxylation is 4. The zero-order chi connectivity index (χ0) is 17.1. The maximum atomic E-state index is 12.6. The number of amides is 1. The van der Waals surface area contributed by atoms with E-state index in [9.17, 15) is 4.79 Å². The Morgan fingerprint density at radius 1 is 1.08 bits per heavy atom. The average molecular weight is 322 g/mol. The molecule has 3 nitrogen and oxygen atoms in total. The van der Waals surface area contributed by atoms with E-state index in [2.05, 4.69) is 38.1 Å². The summed E-state index contributed by atoms with van der Waals surface area (Å²) in [5, 5.41) is 0. The first-order valence-corrected chi connectivity index (χ1v) is 8.94. The minimum Gasteiger partial charge on any atom is -0.292 e. The topological polar surface area (TPSA) is 33.2 Å². The molecule has 126 valence electrons. The molecule has 0 aliphatic heterocycles. The minimum atomic E-state index is 0.126. The number of benzene rings is 1. The number of hydrogen-bond donors (Lipinski definition) is 0. The molecule has 0 N–H and O–H groups in total. The van der Waals surface area contributed by atoms with E-state index in [1.807, 2.05) is 17.9 Å². The highest BCUT2D eigenvalue weighted by Crippen LogP contribution is 2.25. The van der Waals surface area contributed by atoms with Crippen LogP contribution in [0.25, 0.3) is 0 Å². The Morgan fingerprint density at radius 3 is 2.50 bits per heavy atom. The zero-order valence-electron chi connectivity index (χ0n) is 14.9. The van der Waals surface area contributed by atoms with Crippen LogP contribution in [0.3, 0.4) is 0 Å². The van der Waals surface area contributed by atoms with Gasteiger partial charge in [-0.25, -0.2) is 4.98 Å². The molecule has 24 heavy (non-hydrogen) atoms. The van der Waals surface area contributed by atoms with Gasteiger partial charge in [0, 0.05) is 12.1 Å². The van der Waals surface area contributed by atoms with Gasteiger partial charge < -0.3 is 0 Å². The molecule has 0 unspecified atom stereocenters. The number of carbonyl (C=O) groups excluding carboxylic acids is 1. The van der Waals surface area contributed by atoms with E-state index in [1.165, 1.54) is 40.8 Å². The largest absolute Gasteiger partial charge is 0.292 e. The summed E-state index contributed by atoms with van der Waals surface area (Å²) >= 11 is 0. The van der Waals surface area contributed by atoms with Crippen LogP contribution in [0.5, 0.6) is 0 Å². The molecule has 0 fully saturated rings. The van der Waals surface area contributed by atoms with Gasteiger partial charge in [0.05, 0.1) is 6.54 Å². The predicted octanol–water partition coefficient (Wildman–Crippen LogP) is 4.52. The summed E-state index contributed by atoms with van der Waals surface area (Å²) in [6.45, 7) is 6.73. The second kappa shape index (κ2) is 7.16. The van der Waals surface area contributed by atoms with Crippen molar-refractivity contribution >= 4 is 11.7 Å². The van der Waals surface area contributed by atoms with E-state index in [1.54, 1.807) is 0 Å². The molecule has 0 radical (unpaired) electrons. The normalized spacial score (nSPS) is 13.5. The molecule has 1 amide bonds. The van der Waals surface area contributed by atoms with E-state index < -0.39 is 0 Å². The summed E-state index contributed by atoms with van der Waals surface area (Å²) in [5.41, 5.74) is 6.19. The van der Waals surface area contributed by atoms with Crippen LogP contribution in [0, 0.1) is 13.8 Å². The van der Waals surface area contributed by atoms with Crippen LogP contribution in [-0.2, 0) is 24.2 Å². The molecule has 1 aliphatic rings. The predicted molar refractivity (Wildman–Crippen MR) is 98.3 cm³/mol. The van der Waals surface area contributed by atoms with Crippen molar-refractivity contribution in [3.63, 3.8) is 0 Å². The molecule has 0 saturated carbocycles. The summed E-state index contributed by atoms with van der Waals surface area (Å²) in [6.07, 6.45) is 5.07. The number of aromatic nitrogens is 1. The zero-order valence-corrected chi connectivity index (χ0v) is 14.9. The summed E-state index contributed by atoms with van der Waals surface area (Å²) in [7, 11) is 0. The lowest BCUT2D eigenvalue weighted by Crippen LogP contribution is -2.31. The number of hydrogen-bond acceptors (Lipinski definition) is 2. The van der Waals surface area contributed by atoms with E-state index in [0.717, 1.165) is 18.7 Å². The van der Waals surface area contributed by atoms with Crippen molar-refractivity contribution in [3.05, 3.63) is 58.3 Å². The number of fused-ring (bicyclic) bond motifs is 1. The van der Waals surface area contributed by atoms with Gasteiger partial charge in [-0.1, -0.05) is 31.2 Å². The molecule has 3 rings (SSSR count). The van der Waals surface area contributed by atoms with Crippen molar-refractivity contribution < 1.29 is 4.79 Å². The minimum absolute atomic E-state index is 0.126. The average Bonchev–Trinajstić information content (AvgIpc) is 2.60. The maximum Gasteiger partial charge on any atom is 0.228 e. The Kier molecular flexibility index (Phi) is 4.98. The highest BCUT2D eigenvalue weighted by molar-refractivity contribution is 5.92. The lowest BCUT2D eigenvalue weighted by atomic mass is 9.96. The fourth-order valence-electron chi connectivity index (χ4n) is 3.47. The van der Waals surface area contributed by atoms with Gasteiger partial charge in [-0.2, -0.15) is 0 Å². The molecule has 1 heterocycles. The summed E-state index contributed by atoms with van der Waals surface area (Å²) in [6, 6.07) is 10.5. The number of carbonyl (C=O) groups is 1. The van der Waals surface area contributed by atoms with Gasteiger partial charge in [-0.3, -0.25) is 9.69 Å². The van der Waals surface area contributed by atoms with Crippen molar-refractivity contribution in [2.75, 3.05) is 4.90 Å². The molecule has 1 aromatic carbocycles. The number of pyridine rings is 1. The monoisotopic (exact) mass is 322 g/mol. The van der Waals surface area contributed by atoms with E-state index >= 15 is 0 Å². The fourth-order valence-corrected chi connectivity index (χ4v) is 3.47. The first-order valence-electron chi connectivity index (χ1n) is 8.94. The van der Waals surface area contributed by atoms with Gasteiger partial charge >= 0.3 is 0 Å². The van der Waals surface area contributed by atoms with E-state index in [4.69, 9.17) is 4.98 Å². The summed E-state index contributed by atoms with van der Waals surface area (Å²) < 4.78 is 0. The first-order chi connectivity index (χ1) is 11.6. The van der Waals surface area contributed by atoms with Crippen molar-refractivity contribution in [2.24, 2.45) is 0 Å². The second-order valence-corrected chi connectivity index (χ2v) is 6.69. The smallest absolute Gasteiger partial charge is 0.228 e. The van der Waals surface area contributed by atoms with Crippen molar-refractivity contribution in [3.8, 4) is 0 Å². The van der Waals surface area contributed by atoms with Crippen LogP contribution in [-0.4, -0.2) is 10.9 Å². The lowest BCUT2D eigenvalue weighted by Gasteiger charge is -2.25. The molecule has 0 bridgehead atoms. The molecule has 2 aromatic rings. The SMILES string of the molecule is CCC(=O)N(Cc1c(C)cccc1C)c1ccc2c(n1)CCCC2. The Balaban J connectivity index is 1.97. The van der Waals surface area contributed by atoms with E-state index in [-0.39, 0.29) is 5.91 Å². The van der Waals surface area contributed by atoms with Gasteiger partial charge in [-0.15, -0.1) is 0 Å². The van der Waals surface area contributed by atoms with E-state index in [0.29, 0.717) is 13.0 Å². The van der Waals surface area contributed by atoms with Gasteiger partial charge in [0.25, 0.3) is 0 Å². The van der Waals surface area contributed by atoms with Crippen molar-refractivity contribution in [1.29, 1.82) is 0 Å². The molecule has 3 heteroatoms. The second-order valence-electron chi connectivity index (χ2n) is 6.69. The number of rotatable bonds is 4. The molecule has 0 atom stereocenters. The number of nitrogens with zero attached hydrogens (tertiary/aromatic N) is 2. The first kappa shape index (κ1) is 16.7. The van der Waals surface area contributed by atoms with Crippen molar-refractivity contribution in [2.45, 2.75) is 59.4 Å². The third-order valence-electron chi connectivity index (χ3n) is 5.00. The Labute approximate surface area is 144 Å². The molecular weight excluding hydrogens is 296 g/mol. The highest BCUT2D eigenvalue weighted by atomic mass is 16.2. The van der Waals surface area contributed by atoms with Crippen LogP contribution in [0.1, 0.15) is 54.1 Å².